The molecule has 1 fully saturated rings. The van der Waals surface area contributed by atoms with Crippen LogP contribution in [0.15, 0.2) is 47.3 Å². The molecule has 0 spiro atoms. The highest BCUT2D eigenvalue weighted by Crippen LogP contribution is 2.30. The number of aromatic amines is 1. The van der Waals surface area contributed by atoms with Crippen molar-refractivity contribution in [2.75, 3.05) is 44.8 Å². The highest BCUT2D eigenvalue weighted by molar-refractivity contribution is 5.83. The number of methoxy groups -OCH3 is 1. The third kappa shape index (κ3) is 4.61. The topological polar surface area (TPSA) is 92.2 Å². The van der Waals surface area contributed by atoms with Crippen LogP contribution in [0.3, 0.4) is 0 Å². The van der Waals surface area contributed by atoms with E-state index < -0.39 is 6.04 Å². The van der Waals surface area contributed by atoms with Crippen molar-refractivity contribution in [1.29, 1.82) is 0 Å². The molecule has 1 atom stereocenters. The Morgan fingerprint density at radius 1 is 1.11 bits per heavy atom. The summed E-state index contributed by atoms with van der Waals surface area (Å²) in [6, 6.07) is 12.4. The van der Waals surface area contributed by atoms with Gasteiger partial charge < -0.3 is 14.6 Å². The third-order valence-electron chi connectivity index (χ3n) is 6.82. The fourth-order valence-electron chi connectivity index (χ4n) is 5.07. The molecule has 1 N–H and O–H groups in total. The summed E-state index contributed by atoms with van der Waals surface area (Å²) < 4.78 is 21.4. The number of aryl methyl sites for hydroxylation is 2. The number of pyridine rings is 1. The van der Waals surface area contributed by atoms with Gasteiger partial charge in [-0.05, 0) is 59.7 Å². The van der Waals surface area contributed by atoms with Crippen molar-refractivity contribution in [3.05, 3.63) is 81.2 Å². The number of anilines is 1. The van der Waals surface area contributed by atoms with Gasteiger partial charge in [0.2, 0.25) is 0 Å². The van der Waals surface area contributed by atoms with E-state index in [1.54, 1.807) is 23.9 Å². The van der Waals surface area contributed by atoms with Gasteiger partial charge >= 0.3 is 0 Å². The summed E-state index contributed by atoms with van der Waals surface area (Å²) in [7, 11) is 1.63. The van der Waals surface area contributed by atoms with Crippen molar-refractivity contribution in [2.24, 2.45) is 0 Å². The Kier molecular flexibility index (Phi) is 6.80. The summed E-state index contributed by atoms with van der Waals surface area (Å²) in [6.45, 7) is 7.41. The number of H-pyrrole nitrogens is 1. The number of nitrogens with one attached hydrogen (secondary N) is 1. The minimum Gasteiger partial charge on any atom is -0.383 e. The van der Waals surface area contributed by atoms with E-state index >= 15 is 0 Å². The zero-order valence-electron chi connectivity index (χ0n) is 20.7. The first-order chi connectivity index (χ1) is 17.5. The van der Waals surface area contributed by atoms with Crippen LogP contribution in [0.2, 0.25) is 0 Å². The van der Waals surface area contributed by atoms with Crippen molar-refractivity contribution in [2.45, 2.75) is 26.4 Å². The van der Waals surface area contributed by atoms with Gasteiger partial charge in [-0.3, -0.25) is 9.69 Å². The van der Waals surface area contributed by atoms with E-state index in [0.29, 0.717) is 56.4 Å². The second-order valence-corrected chi connectivity index (χ2v) is 9.23. The predicted molar refractivity (Wildman–Crippen MR) is 136 cm³/mol. The maximum absolute atomic E-state index is 14.4. The molecule has 1 aliphatic heterocycles. The molecule has 0 radical (unpaired) electrons. The van der Waals surface area contributed by atoms with Gasteiger partial charge in [0.25, 0.3) is 5.56 Å². The lowest BCUT2D eigenvalue weighted by atomic mass is 9.99. The number of ether oxygens (including phenoxy) is 1. The molecule has 10 heteroatoms. The van der Waals surface area contributed by atoms with Crippen LogP contribution in [0.25, 0.3) is 10.9 Å². The Balaban J connectivity index is 1.55. The van der Waals surface area contributed by atoms with E-state index in [1.165, 1.54) is 6.07 Å². The summed E-state index contributed by atoms with van der Waals surface area (Å²) in [6.07, 6.45) is 0. The number of nitrogens with zero attached hydrogens (tertiary/aromatic N) is 6. The highest BCUT2D eigenvalue weighted by atomic mass is 19.1. The minimum absolute atomic E-state index is 0.171. The number of para-hydroxylation sites is 1. The van der Waals surface area contributed by atoms with Crippen molar-refractivity contribution >= 4 is 16.6 Å². The lowest BCUT2D eigenvalue weighted by molar-refractivity contribution is 0.171. The predicted octanol–water partition coefficient (Wildman–Crippen LogP) is 2.83. The zero-order valence-corrected chi connectivity index (χ0v) is 20.7. The number of rotatable bonds is 7. The number of aromatic nitrogens is 5. The Bertz CT molecular complexity index is 1430. The molecule has 5 rings (SSSR count). The van der Waals surface area contributed by atoms with Crippen molar-refractivity contribution in [3.8, 4) is 0 Å². The number of fused-ring (bicyclic) bond motifs is 1. The molecular formula is C26H30FN7O2. The van der Waals surface area contributed by atoms with Crippen LogP contribution in [0.1, 0.15) is 28.6 Å². The molecule has 0 aliphatic carbocycles. The highest BCUT2D eigenvalue weighted by Gasteiger charge is 2.33. The average Bonchev–Trinajstić information content (AvgIpc) is 3.32. The molecule has 0 saturated carbocycles. The molecule has 188 valence electrons. The van der Waals surface area contributed by atoms with Crippen LogP contribution in [-0.4, -0.2) is 70.0 Å². The standard InChI is InChI=1S/C26H30FN7O2/c1-17-14-18(2)19-16-20(26(35)28-22(19)15-17)24(25-29-30-31-34(25)12-13-36-3)33-10-8-32(9-11-33)23-7-5-4-6-21(23)27/h4-7,14-16,24H,8-13H2,1-3H3,(H,28,35). The van der Waals surface area contributed by atoms with Crippen LogP contribution in [0, 0.1) is 19.7 Å². The maximum atomic E-state index is 14.4. The fraction of sp³-hybridized carbons (Fsp3) is 0.385. The number of halogens is 1. The molecule has 2 aromatic heterocycles. The lowest BCUT2D eigenvalue weighted by Gasteiger charge is -2.39. The SMILES string of the molecule is COCCn1nnnc1C(c1cc2c(C)cc(C)cc2[nH]c1=O)N1CCN(c2ccccc2F)CC1. The molecule has 2 aromatic carbocycles. The summed E-state index contributed by atoms with van der Waals surface area (Å²) in [4.78, 5) is 20.8. The second-order valence-electron chi connectivity index (χ2n) is 9.23. The van der Waals surface area contributed by atoms with Crippen LogP contribution in [0.5, 0.6) is 0 Å². The quantitative estimate of drug-likeness (QED) is 0.425. The van der Waals surface area contributed by atoms with E-state index in [1.807, 2.05) is 36.9 Å². The van der Waals surface area contributed by atoms with Gasteiger partial charge in [-0.2, -0.15) is 0 Å². The number of hydrogen-bond acceptors (Lipinski definition) is 7. The van der Waals surface area contributed by atoms with Gasteiger partial charge in [0, 0.05) is 49.8 Å². The minimum atomic E-state index is -0.464. The summed E-state index contributed by atoms with van der Waals surface area (Å²) in [5.74, 6) is 0.351. The molecule has 4 aromatic rings. The summed E-state index contributed by atoms with van der Waals surface area (Å²) in [5, 5.41) is 13.4. The van der Waals surface area contributed by atoms with E-state index in [0.717, 1.165) is 22.0 Å². The van der Waals surface area contributed by atoms with Gasteiger partial charge in [-0.1, -0.05) is 18.2 Å². The first-order valence-corrected chi connectivity index (χ1v) is 12.1. The van der Waals surface area contributed by atoms with Crippen molar-refractivity contribution < 1.29 is 9.13 Å². The van der Waals surface area contributed by atoms with Crippen LogP contribution in [-0.2, 0) is 11.3 Å². The van der Waals surface area contributed by atoms with Crippen molar-refractivity contribution in [1.82, 2.24) is 30.1 Å². The third-order valence-corrected chi connectivity index (χ3v) is 6.82. The van der Waals surface area contributed by atoms with E-state index in [9.17, 15) is 9.18 Å². The molecule has 1 saturated heterocycles. The smallest absolute Gasteiger partial charge is 0.253 e. The Morgan fingerprint density at radius 3 is 2.64 bits per heavy atom. The maximum Gasteiger partial charge on any atom is 0.253 e. The van der Waals surface area contributed by atoms with E-state index in [-0.39, 0.29) is 11.4 Å². The molecule has 0 amide bonds. The molecule has 1 unspecified atom stereocenters. The fourth-order valence-corrected chi connectivity index (χ4v) is 5.07. The lowest BCUT2D eigenvalue weighted by Crippen LogP contribution is -2.49. The normalized spacial score (nSPS) is 15.5. The van der Waals surface area contributed by atoms with Crippen molar-refractivity contribution in [3.63, 3.8) is 0 Å². The zero-order chi connectivity index (χ0) is 25.2. The first kappa shape index (κ1) is 24.1. The van der Waals surface area contributed by atoms with Gasteiger partial charge in [0.05, 0.1) is 18.8 Å². The largest absolute Gasteiger partial charge is 0.383 e. The molecule has 9 nitrogen and oxygen atoms in total. The summed E-state index contributed by atoms with van der Waals surface area (Å²) >= 11 is 0. The van der Waals surface area contributed by atoms with Gasteiger partial charge in [-0.15, -0.1) is 5.10 Å². The number of piperazine rings is 1. The number of hydrogen-bond donors (Lipinski definition) is 1. The van der Waals surface area contributed by atoms with Gasteiger partial charge in [0.1, 0.15) is 11.9 Å². The molecule has 1 aliphatic rings. The Morgan fingerprint density at radius 2 is 1.89 bits per heavy atom. The molecule has 0 bridgehead atoms. The molecule has 3 heterocycles. The summed E-state index contributed by atoms with van der Waals surface area (Å²) in [5.41, 5.74) is 3.99. The van der Waals surface area contributed by atoms with E-state index in [2.05, 4.69) is 31.5 Å². The molecular weight excluding hydrogens is 461 g/mol. The first-order valence-electron chi connectivity index (χ1n) is 12.1. The van der Waals surface area contributed by atoms with E-state index in [4.69, 9.17) is 4.74 Å². The van der Waals surface area contributed by atoms with Crippen LogP contribution < -0.4 is 10.5 Å². The Labute approximate surface area is 208 Å². The van der Waals surface area contributed by atoms with Gasteiger partial charge in [0.15, 0.2) is 5.82 Å². The average molecular weight is 492 g/mol. The second kappa shape index (κ2) is 10.2. The number of benzene rings is 2. The molecule has 36 heavy (non-hydrogen) atoms. The number of tetrazole rings is 1. The Hall–Kier alpha value is -3.63. The van der Waals surface area contributed by atoms with Gasteiger partial charge in [-0.25, -0.2) is 9.07 Å². The van der Waals surface area contributed by atoms with Crippen LogP contribution >= 0.6 is 0 Å². The van der Waals surface area contributed by atoms with Crippen LogP contribution in [0.4, 0.5) is 10.1 Å². The monoisotopic (exact) mass is 491 g/mol.